The molecule has 0 bridgehead atoms. The van der Waals surface area contributed by atoms with Crippen molar-refractivity contribution in [3.8, 4) is 11.3 Å². The molecule has 0 saturated heterocycles. The number of benzene rings is 1. The van der Waals surface area contributed by atoms with Gasteiger partial charge in [0.25, 0.3) is 5.56 Å². The predicted molar refractivity (Wildman–Crippen MR) is 86.9 cm³/mol. The van der Waals surface area contributed by atoms with Gasteiger partial charge in [-0.25, -0.2) is 14.1 Å². The third-order valence-corrected chi connectivity index (χ3v) is 3.74. The van der Waals surface area contributed by atoms with Crippen molar-refractivity contribution in [1.29, 1.82) is 0 Å². The van der Waals surface area contributed by atoms with Gasteiger partial charge in [0.05, 0.1) is 12.2 Å². The molecule has 2 heterocycles. The molecule has 0 saturated carbocycles. The zero-order valence-corrected chi connectivity index (χ0v) is 13.4. The van der Waals surface area contributed by atoms with Gasteiger partial charge in [-0.2, -0.15) is 9.49 Å². The van der Waals surface area contributed by atoms with Crippen LogP contribution in [-0.2, 0) is 6.54 Å². The molecule has 0 atom stereocenters. The maximum Gasteiger partial charge on any atom is 0.270 e. The van der Waals surface area contributed by atoms with Gasteiger partial charge in [-0.1, -0.05) is 23.7 Å². The van der Waals surface area contributed by atoms with Crippen LogP contribution in [0.5, 0.6) is 0 Å². The van der Waals surface area contributed by atoms with Crippen molar-refractivity contribution in [1.82, 2.24) is 14.8 Å². The van der Waals surface area contributed by atoms with E-state index in [4.69, 9.17) is 11.6 Å². The SMILES string of the molecule is Cc1cc(-c2cnc(F)c(F)c2)nn(Cc2ccc(Cl)cc2)c1=O. The minimum atomic E-state index is -1.18. The molecule has 0 aliphatic rings. The standard InChI is InChI=1S/C17H12ClF2N3O/c1-10-6-15(12-7-14(19)16(20)21-8-12)22-23(17(10)24)9-11-2-4-13(18)5-3-11/h2-8H,9H2,1H3. The summed E-state index contributed by atoms with van der Waals surface area (Å²) in [5, 5.41) is 4.83. The van der Waals surface area contributed by atoms with Crippen LogP contribution < -0.4 is 5.56 Å². The molecule has 7 heteroatoms. The molecule has 3 rings (SSSR count). The van der Waals surface area contributed by atoms with E-state index in [0.717, 1.165) is 11.6 Å². The van der Waals surface area contributed by atoms with Crippen LogP contribution in [0.25, 0.3) is 11.3 Å². The van der Waals surface area contributed by atoms with Crippen molar-refractivity contribution in [2.75, 3.05) is 0 Å². The highest BCUT2D eigenvalue weighted by Crippen LogP contribution is 2.18. The second-order valence-corrected chi connectivity index (χ2v) is 5.73. The fourth-order valence-electron chi connectivity index (χ4n) is 2.25. The Hall–Kier alpha value is -2.60. The van der Waals surface area contributed by atoms with E-state index in [-0.39, 0.29) is 12.1 Å². The minimum absolute atomic E-state index is 0.238. The summed E-state index contributed by atoms with van der Waals surface area (Å²) < 4.78 is 27.6. The quantitative estimate of drug-likeness (QED) is 0.680. The summed E-state index contributed by atoms with van der Waals surface area (Å²) in [4.78, 5) is 15.6. The van der Waals surface area contributed by atoms with Crippen LogP contribution >= 0.6 is 11.6 Å². The molecule has 24 heavy (non-hydrogen) atoms. The maximum absolute atomic E-state index is 13.4. The smallest absolute Gasteiger partial charge is 0.268 e. The molecule has 0 spiro atoms. The second-order valence-electron chi connectivity index (χ2n) is 5.30. The van der Waals surface area contributed by atoms with Crippen molar-refractivity contribution in [2.24, 2.45) is 0 Å². The summed E-state index contributed by atoms with van der Waals surface area (Å²) in [6.07, 6.45) is 1.18. The lowest BCUT2D eigenvalue weighted by Crippen LogP contribution is -2.25. The van der Waals surface area contributed by atoms with Gasteiger partial charge in [-0.3, -0.25) is 4.79 Å². The summed E-state index contributed by atoms with van der Waals surface area (Å²) in [6, 6.07) is 9.54. The normalized spacial score (nSPS) is 10.8. The van der Waals surface area contributed by atoms with Gasteiger partial charge >= 0.3 is 0 Å². The maximum atomic E-state index is 13.4. The molecule has 0 amide bonds. The minimum Gasteiger partial charge on any atom is -0.268 e. The average molecular weight is 348 g/mol. The number of hydrogen-bond acceptors (Lipinski definition) is 3. The van der Waals surface area contributed by atoms with Crippen molar-refractivity contribution in [3.05, 3.63) is 80.9 Å². The van der Waals surface area contributed by atoms with Crippen LogP contribution in [0.4, 0.5) is 8.78 Å². The monoisotopic (exact) mass is 347 g/mol. The Morgan fingerprint density at radius 2 is 1.88 bits per heavy atom. The highest BCUT2D eigenvalue weighted by Gasteiger charge is 2.11. The fourth-order valence-corrected chi connectivity index (χ4v) is 2.37. The molecule has 0 N–H and O–H groups in total. The summed E-state index contributed by atoms with van der Waals surface area (Å²) >= 11 is 5.85. The summed E-state index contributed by atoms with van der Waals surface area (Å²) in [6.45, 7) is 1.88. The number of pyridine rings is 1. The average Bonchev–Trinajstić information content (AvgIpc) is 2.56. The summed E-state index contributed by atoms with van der Waals surface area (Å²) in [5.41, 5.74) is 1.66. The zero-order chi connectivity index (χ0) is 17.3. The van der Waals surface area contributed by atoms with Crippen molar-refractivity contribution in [3.63, 3.8) is 0 Å². The van der Waals surface area contributed by atoms with Gasteiger partial charge in [0, 0.05) is 22.3 Å². The Morgan fingerprint density at radius 3 is 2.54 bits per heavy atom. The first-order valence-electron chi connectivity index (χ1n) is 7.08. The number of hydrogen-bond donors (Lipinski definition) is 0. The van der Waals surface area contributed by atoms with Crippen molar-refractivity contribution in [2.45, 2.75) is 13.5 Å². The lowest BCUT2D eigenvalue weighted by atomic mass is 10.1. The third kappa shape index (κ3) is 3.33. The molecule has 0 radical (unpaired) electrons. The lowest BCUT2D eigenvalue weighted by Gasteiger charge is -2.09. The van der Waals surface area contributed by atoms with Gasteiger partial charge in [0.2, 0.25) is 5.95 Å². The molecule has 1 aromatic carbocycles. The Balaban J connectivity index is 2.03. The van der Waals surface area contributed by atoms with Crippen LogP contribution in [0.15, 0.2) is 47.4 Å². The number of aromatic nitrogens is 3. The van der Waals surface area contributed by atoms with E-state index in [0.29, 0.717) is 21.8 Å². The van der Waals surface area contributed by atoms with Crippen LogP contribution in [0.1, 0.15) is 11.1 Å². The molecule has 3 aromatic rings. The first-order chi connectivity index (χ1) is 11.4. The summed E-state index contributed by atoms with van der Waals surface area (Å²) in [7, 11) is 0. The van der Waals surface area contributed by atoms with Crippen molar-refractivity contribution < 1.29 is 8.78 Å². The molecular weight excluding hydrogens is 336 g/mol. The van der Waals surface area contributed by atoms with Gasteiger partial charge in [-0.05, 0) is 36.8 Å². The predicted octanol–water partition coefficient (Wildman–Crippen LogP) is 3.59. The molecular formula is C17H12ClF2N3O. The van der Waals surface area contributed by atoms with E-state index in [1.807, 2.05) is 0 Å². The molecule has 2 aromatic heterocycles. The molecule has 0 aliphatic carbocycles. The highest BCUT2D eigenvalue weighted by atomic mass is 35.5. The molecule has 122 valence electrons. The van der Waals surface area contributed by atoms with Gasteiger partial charge < -0.3 is 0 Å². The van der Waals surface area contributed by atoms with Crippen molar-refractivity contribution >= 4 is 11.6 Å². The second kappa shape index (κ2) is 6.49. The number of rotatable bonds is 3. The largest absolute Gasteiger partial charge is 0.270 e. The number of aryl methyl sites for hydroxylation is 1. The van der Waals surface area contributed by atoms with Gasteiger partial charge in [0.15, 0.2) is 5.82 Å². The first kappa shape index (κ1) is 16.3. The van der Waals surface area contributed by atoms with Gasteiger partial charge in [0.1, 0.15) is 0 Å². The number of nitrogens with zero attached hydrogens (tertiary/aromatic N) is 3. The van der Waals surface area contributed by atoms with Crippen LogP contribution in [0.3, 0.4) is 0 Å². The van der Waals surface area contributed by atoms with E-state index in [2.05, 4.69) is 10.1 Å². The molecule has 0 unspecified atom stereocenters. The van der Waals surface area contributed by atoms with Gasteiger partial charge in [-0.15, -0.1) is 0 Å². The van der Waals surface area contributed by atoms with E-state index >= 15 is 0 Å². The Labute approximate surface area is 141 Å². The van der Waals surface area contributed by atoms with Crippen LogP contribution in [0, 0.1) is 18.7 Å². The number of halogens is 3. The van der Waals surface area contributed by atoms with E-state index in [1.54, 1.807) is 31.2 Å². The highest BCUT2D eigenvalue weighted by molar-refractivity contribution is 6.30. The Morgan fingerprint density at radius 1 is 1.17 bits per heavy atom. The van der Waals surface area contributed by atoms with Crippen LogP contribution in [0.2, 0.25) is 5.02 Å². The topological polar surface area (TPSA) is 47.8 Å². The third-order valence-electron chi connectivity index (χ3n) is 3.49. The van der Waals surface area contributed by atoms with E-state index in [1.165, 1.54) is 16.9 Å². The summed E-state index contributed by atoms with van der Waals surface area (Å²) in [5.74, 6) is -2.24. The first-order valence-corrected chi connectivity index (χ1v) is 7.46. The molecule has 4 nitrogen and oxygen atoms in total. The van der Waals surface area contributed by atoms with E-state index in [9.17, 15) is 13.6 Å². The zero-order valence-electron chi connectivity index (χ0n) is 12.6. The molecule has 0 fully saturated rings. The van der Waals surface area contributed by atoms with Crippen LogP contribution in [-0.4, -0.2) is 14.8 Å². The Bertz CT molecular complexity index is 955. The lowest BCUT2D eigenvalue weighted by molar-refractivity contribution is 0.479. The molecule has 0 aliphatic heterocycles. The Kier molecular flexibility index (Phi) is 4.40. The van der Waals surface area contributed by atoms with E-state index < -0.39 is 11.8 Å². The fraction of sp³-hybridized carbons (Fsp3) is 0.118.